The minimum absolute atomic E-state index is 0.298. The molecule has 0 aliphatic heterocycles. The van der Waals surface area contributed by atoms with Gasteiger partial charge in [-0.3, -0.25) is 4.98 Å². The van der Waals surface area contributed by atoms with E-state index in [1.165, 1.54) is 0 Å². The van der Waals surface area contributed by atoms with Crippen molar-refractivity contribution in [3.05, 3.63) is 53.9 Å². The number of pyridine rings is 1. The molecule has 0 amide bonds. The van der Waals surface area contributed by atoms with Gasteiger partial charge >= 0.3 is 5.97 Å². The number of carboxylic acid groups (broad SMARTS) is 1. The molecule has 0 aliphatic carbocycles. The smallest absolute Gasteiger partial charge is 0.335 e. The van der Waals surface area contributed by atoms with Crippen LogP contribution < -0.4 is 0 Å². The average Bonchev–Trinajstić information content (AvgIpc) is 2.77. The van der Waals surface area contributed by atoms with Crippen molar-refractivity contribution in [1.82, 2.24) is 9.97 Å². The first kappa shape index (κ1) is 11.5. The number of carbonyl (C=O) groups is 1. The molecule has 1 aromatic carbocycles. The van der Waals surface area contributed by atoms with Gasteiger partial charge in [0.25, 0.3) is 0 Å². The topological polar surface area (TPSA) is 66.0 Å². The number of hydrogen-bond acceptors (Lipinski definition) is 2. The summed E-state index contributed by atoms with van der Waals surface area (Å²) in [5.74, 6) is -0.912. The Kier molecular flexibility index (Phi) is 2.56. The molecule has 19 heavy (non-hydrogen) atoms. The Morgan fingerprint density at radius 1 is 1.32 bits per heavy atom. The second-order valence-corrected chi connectivity index (χ2v) is 4.43. The van der Waals surface area contributed by atoms with Gasteiger partial charge in [0, 0.05) is 28.9 Å². The van der Waals surface area contributed by atoms with E-state index in [4.69, 9.17) is 5.11 Å². The highest BCUT2D eigenvalue weighted by Crippen LogP contribution is 2.29. The molecule has 3 rings (SSSR count). The number of nitrogens with one attached hydrogen (secondary N) is 1. The molecule has 0 atom stereocenters. The molecule has 0 fully saturated rings. The van der Waals surface area contributed by atoms with E-state index in [2.05, 4.69) is 9.97 Å². The summed E-state index contributed by atoms with van der Waals surface area (Å²) in [6.07, 6.45) is 3.51. The number of hydrogen-bond donors (Lipinski definition) is 2. The number of fused-ring (bicyclic) bond motifs is 1. The molecule has 0 radical (unpaired) electrons. The molecule has 94 valence electrons. The van der Waals surface area contributed by atoms with E-state index >= 15 is 0 Å². The minimum Gasteiger partial charge on any atom is -0.478 e. The van der Waals surface area contributed by atoms with Crippen LogP contribution in [-0.4, -0.2) is 21.0 Å². The van der Waals surface area contributed by atoms with Gasteiger partial charge in [0.1, 0.15) is 0 Å². The SMILES string of the molecule is Cc1c(-c2cccnc2)[nH]c2ccc(C(=O)O)cc12. The number of carboxylic acids is 1. The molecule has 2 heterocycles. The Hall–Kier alpha value is -2.62. The summed E-state index contributed by atoms with van der Waals surface area (Å²) in [6, 6.07) is 8.95. The standard InChI is InChI=1S/C15H12N2O2/c1-9-12-7-10(15(18)19)4-5-13(12)17-14(9)11-3-2-6-16-8-11/h2-8,17H,1H3,(H,18,19). The summed E-state index contributed by atoms with van der Waals surface area (Å²) in [5, 5.41) is 9.97. The number of aromatic amines is 1. The third kappa shape index (κ3) is 1.87. The molecule has 0 unspecified atom stereocenters. The number of aryl methyl sites for hydroxylation is 1. The second-order valence-electron chi connectivity index (χ2n) is 4.43. The zero-order chi connectivity index (χ0) is 13.4. The third-order valence-corrected chi connectivity index (χ3v) is 3.26. The van der Waals surface area contributed by atoms with E-state index in [1.807, 2.05) is 19.1 Å². The van der Waals surface area contributed by atoms with Crippen LogP contribution in [0.4, 0.5) is 0 Å². The maximum Gasteiger partial charge on any atom is 0.335 e. The first-order valence-electron chi connectivity index (χ1n) is 5.93. The summed E-state index contributed by atoms with van der Waals surface area (Å²) < 4.78 is 0. The predicted octanol–water partition coefficient (Wildman–Crippen LogP) is 3.24. The number of benzene rings is 1. The molecule has 2 N–H and O–H groups in total. The monoisotopic (exact) mass is 252 g/mol. The van der Waals surface area contributed by atoms with Gasteiger partial charge in [0.2, 0.25) is 0 Å². The van der Waals surface area contributed by atoms with Crippen LogP contribution in [0.2, 0.25) is 0 Å². The number of rotatable bonds is 2. The first-order chi connectivity index (χ1) is 9.16. The summed E-state index contributed by atoms with van der Waals surface area (Å²) in [5.41, 5.74) is 4.23. The fourth-order valence-electron chi connectivity index (χ4n) is 2.26. The lowest BCUT2D eigenvalue weighted by Gasteiger charge is -1.98. The third-order valence-electron chi connectivity index (χ3n) is 3.26. The lowest BCUT2D eigenvalue weighted by Crippen LogP contribution is -1.94. The second kappa shape index (κ2) is 4.24. The van der Waals surface area contributed by atoms with Crippen molar-refractivity contribution in [3.8, 4) is 11.3 Å². The molecule has 0 spiro atoms. The summed E-state index contributed by atoms with van der Waals surface area (Å²) in [6.45, 7) is 1.98. The van der Waals surface area contributed by atoms with Crippen molar-refractivity contribution in [1.29, 1.82) is 0 Å². The highest BCUT2D eigenvalue weighted by Gasteiger charge is 2.11. The number of aromatic carboxylic acids is 1. The molecular weight excluding hydrogens is 240 g/mol. The fraction of sp³-hybridized carbons (Fsp3) is 0.0667. The van der Waals surface area contributed by atoms with Crippen LogP contribution in [0.5, 0.6) is 0 Å². The van der Waals surface area contributed by atoms with E-state index in [0.29, 0.717) is 5.56 Å². The fourth-order valence-corrected chi connectivity index (χ4v) is 2.26. The quantitative estimate of drug-likeness (QED) is 0.735. The van der Waals surface area contributed by atoms with E-state index in [0.717, 1.165) is 27.7 Å². The summed E-state index contributed by atoms with van der Waals surface area (Å²) in [7, 11) is 0. The molecule has 0 bridgehead atoms. The van der Waals surface area contributed by atoms with Gasteiger partial charge in [-0.15, -0.1) is 0 Å². The molecule has 4 nitrogen and oxygen atoms in total. The van der Waals surface area contributed by atoms with E-state index in [1.54, 1.807) is 30.6 Å². The van der Waals surface area contributed by atoms with Gasteiger partial charge in [0.05, 0.1) is 11.3 Å². The number of nitrogens with zero attached hydrogens (tertiary/aromatic N) is 1. The highest BCUT2D eigenvalue weighted by atomic mass is 16.4. The van der Waals surface area contributed by atoms with Crippen LogP contribution in [0, 0.1) is 6.92 Å². The Morgan fingerprint density at radius 2 is 2.16 bits per heavy atom. The summed E-state index contributed by atoms with van der Waals surface area (Å²) >= 11 is 0. The van der Waals surface area contributed by atoms with Crippen molar-refractivity contribution in [2.75, 3.05) is 0 Å². The Labute approximate surface area is 109 Å². The van der Waals surface area contributed by atoms with Crippen LogP contribution in [0.3, 0.4) is 0 Å². The van der Waals surface area contributed by atoms with E-state index in [-0.39, 0.29) is 0 Å². The van der Waals surface area contributed by atoms with Crippen molar-refractivity contribution in [3.63, 3.8) is 0 Å². The predicted molar refractivity (Wildman–Crippen MR) is 73.2 cm³/mol. The van der Waals surface area contributed by atoms with Gasteiger partial charge < -0.3 is 10.1 Å². The Morgan fingerprint density at radius 3 is 2.84 bits per heavy atom. The van der Waals surface area contributed by atoms with Gasteiger partial charge in [-0.1, -0.05) is 0 Å². The zero-order valence-electron chi connectivity index (χ0n) is 10.3. The van der Waals surface area contributed by atoms with Crippen LogP contribution in [0.25, 0.3) is 22.2 Å². The zero-order valence-corrected chi connectivity index (χ0v) is 10.3. The molecule has 0 aliphatic rings. The largest absolute Gasteiger partial charge is 0.478 e. The van der Waals surface area contributed by atoms with Crippen LogP contribution in [0.15, 0.2) is 42.7 Å². The van der Waals surface area contributed by atoms with Crippen LogP contribution in [-0.2, 0) is 0 Å². The lowest BCUT2D eigenvalue weighted by molar-refractivity contribution is 0.0697. The normalized spacial score (nSPS) is 10.8. The van der Waals surface area contributed by atoms with Crippen molar-refractivity contribution < 1.29 is 9.90 Å². The molecular formula is C15H12N2O2. The molecule has 0 saturated carbocycles. The lowest BCUT2D eigenvalue weighted by atomic mass is 10.1. The van der Waals surface area contributed by atoms with Crippen molar-refractivity contribution >= 4 is 16.9 Å². The van der Waals surface area contributed by atoms with E-state index in [9.17, 15) is 4.79 Å². The van der Waals surface area contributed by atoms with Gasteiger partial charge in [0.15, 0.2) is 0 Å². The molecule has 0 saturated heterocycles. The van der Waals surface area contributed by atoms with Crippen LogP contribution in [0.1, 0.15) is 15.9 Å². The number of H-pyrrole nitrogens is 1. The van der Waals surface area contributed by atoms with Gasteiger partial charge in [-0.2, -0.15) is 0 Å². The Balaban J connectivity index is 2.24. The Bertz CT molecular complexity index is 760. The maximum atomic E-state index is 11.0. The first-order valence-corrected chi connectivity index (χ1v) is 5.93. The molecule has 4 heteroatoms. The maximum absolute atomic E-state index is 11.0. The summed E-state index contributed by atoms with van der Waals surface area (Å²) in [4.78, 5) is 18.4. The molecule has 2 aromatic heterocycles. The van der Waals surface area contributed by atoms with Crippen LogP contribution >= 0.6 is 0 Å². The average molecular weight is 252 g/mol. The highest BCUT2D eigenvalue weighted by molar-refractivity contribution is 5.97. The van der Waals surface area contributed by atoms with Crippen molar-refractivity contribution in [2.24, 2.45) is 0 Å². The minimum atomic E-state index is -0.912. The number of aromatic nitrogens is 2. The van der Waals surface area contributed by atoms with E-state index < -0.39 is 5.97 Å². The molecule has 3 aromatic rings. The van der Waals surface area contributed by atoms with Gasteiger partial charge in [-0.25, -0.2) is 4.79 Å². The van der Waals surface area contributed by atoms with Gasteiger partial charge in [-0.05, 0) is 42.8 Å². The van der Waals surface area contributed by atoms with Crippen molar-refractivity contribution in [2.45, 2.75) is 6.92 Å².